The van der Waals surface area contributed by atoms with Crippen molar-refractivity contribution < 1.29 is 26.3 Å². The molecule has 0 N–H and O–H groups in total. The first-order valence-corrected chi connectivity index (χ1v) is 13.2. The lowest BCUT2D eigenvalue weighted by Crippen LogP contribution is -2.19. The van der Waals surface area contributed by atoms with Crippen molar-refractivity contribution in [3.63, 3.8) is 0 Å². The van der Waals surface area contributed by atoms with Crippen LogP contribution in [0.5, 0.6) is 11.5 Å². The number of hydrogen-bond acceptors (Lipinski definition) is 6. The minimum absolute atomic E-state index is 0.109. The quantitative estimate of drug-likeness (QED) is 0.468. The molecule has 0 aliphatic carbocycles. The smallest absolute Gasteiger partial charge is 0.268 e. The molecule has 10 heteroatoms. The Bertz CT molecular complexity index is 1100. The second-order valence-electron chi connectivity index (χ2n) is 5.95. The highest BCUT2D eigenvalue weighted by Gasteiger charge is 2.29. The van der Waals surface area contributed by atoms with E-state index in [1.54, 1.807) is 18.2 Å². The van der Waals surface area contributed by atoms with Gasteiger partial charge in [-0.05, 0) is 35.4 Å². The van der Waals surface area contributed by atoms with Crippen LogP contribution in [-0.4, -0.2) is 34.4 Å². The Kier molecular flexibility index (Phi) is 4.40. The molecule has 7 nitrogen and oxygen atoms in total. The molecule has 0 fully saturated rings. The maximum Gasteiger partial charge on any atom is 0.268 e. The highest BCUT2D eigenvalue weighted by Crippen LogP contribution is 2.35. The molecule has 2 aliphatic rings. The summed E-state index contributed by atoms with van der Waals surface area (Å²) in [5, 5.41) is 0. The fourth-order valence-electron chi connectivity index (χ4n) is 2.99. The molecule has 2 aliphatic heterocycles. The summed E-state index contributed by atoms with van der Waals surface area (Å²) >= 11 is 1.39. The molecular weight excluding hydrogens is 493 g/mol. The summed E-state index contributed by atoms with van der Waals surface area (Å²) in [7, 11) is -7.11. The van der Waals surface area contributed by atoms with E-state index in [1.165, 1.54) is 43.7 Å². The Morgan fingerprint density at radius 1 is 0.808 bits per heavy atom. The fourth-order valence-corrected chi connectivity index (χ4v) is 5.74. The highest BCUT2D eigenvalue weighted by atomic mass is 127. The maximum atomic E-state index is 13.0. The summed E-state index contributed by atoms with van der Waals surface area (Å²) in [5.41, 5.74) is 1.51. The Morgan fingerprint density at radius 2 is 1.42 bits per heavy atom. The average molecular weight is 507 g/mol. The zero-order valence-electron chi connectivity index (χ0n) is 13.4. The molecule has 2 aromatic carbocycles. The topological polar surface area (TPSA) is 90.0 Å². The monoisotopic (exact) mass is 507 g/mol. The molecule has 26 heavy (non-hydrogen) atoms. The van der Waals surface area contributed by atoms with E-state index in [2.05, 4.69) is 0 Å². The van der Waals surface area contributed by atoms with Gasteiger partial charge in [0.2, 0.25) is 9.84 Å². The van der Waals surface area contributed by atoms with Gasteiger partial charge >= 0.3 is 0 Å². The van der Waals surface area contributed by atoms with Crippen molar-refractivity contribution in [2.45, 2.75) is 22.9 Å². The Morgan fingerprint density at radius 3 is 2.15 bits per heavy atom. The van der Waals surface area contributed by atoms with Gasteiger partial charge in [-0.3, -0.25) is 0 Å². The third-order valence-corrected chi connectivity index (χ3v) is 8.61. The lowest BCUT2D eigenvalue weighted by atomic mass is 10.1. The molecule has 4 rings (SSSR count). The van der Waals surface area contributed by atoms with Gasteiger partial charge in [0.05, 0.1) is 31.0 Å². The van der Waals surface area contributed by atoms with Crippen molar-refractivity contribution in [3.05, 3.63) is 47.5 Å². The van der Waals surface area contributed by atoms with Gasteiger partial charge in [0, 0.05) is 19.2 Å². The molecule has 0 bridgehead atoms. The zero-order valence-corrected chi connectivity index (χ0v) is 17.2. The largest absolute Gasteiger partial charge is 0.486 e. The minimum Gasteiger partial charge on any atom is -0.486 e. The van der Waals surface area contributed by atoms with E-state index in [0.717, 1.165) is 5.56 Å². The lowest BCUT2D eigenvalue weighted by molar-refractivity contribution is 0.171. The number of fused-ring (bicyclic) bond motifs is 2. The number of hydrogen-bond donors (Lipinski definition) is 0. The molecule has 0 saturated heterocycles. The molecule has 0 radical (unpaired) electrons. The van der Waals surface area contributed by atoms with Gasteiger partial charge in [-0.25, -0.2) is 16.8 Å². The van der Waals surface area contributed by atoms with Crippen LogP contribution in [0.15, 0.2) is 46.2 Å². The van der Waals surface area contributed by atoms with Crippen LogP contribution in [0.1, 0.15) is 11.1 Å². The van der Waals surface area contributed by atoms with Gasteiger partial charge < -0.3 is 9.47 Å². The SMILES string of the molecule is O=S(=O)(c1ccc2c(c1)CN(S(=O)(=O)I)C2)c1ccc2c(c1)OCCO2. The van der Waals surface area contributed by atoms with Crippen LogP contribution in [0.4, 0.5) is 0 Å². The van der Waals surface area contributed by atoms with E-state index < -0.39 is 17.0 Å². The highest BCUT2D eigenvalue weighted by molar-refractivity contribution is 14.2. The molecule has 2 heterocycles. The van der Waals surface area contributed by atoms with E-state index in [9.17, 15) is 16.8 Å². The van der Waals surface area contributed by atoms with Crippen LogP contribution in [0.3, 0.4) is 0 Å². The van der Waals surface area contributed by atoms with E-state index in [4.69, 9.17) is 9.47 Å². The molecule has 0 spiro atoms. The molecule has 0 amide bonds. The predicted octanol–water partition coefficient (Wildman–Crippen LogP) is 2.29. The molecule has 138 valence electrons. The summed E-state index contributed by atoms with van der Waals surface area (Å²) in [6.45, 7) is 1.23. The molecule has 0 unspecified atom stereocenters. The second-order valence-corrected chi connectivity index (χ2v) is 12.6. The Balaban J connectivity index is 1.70. The number of sulfone groups is 1. The van der Waals surface area contributed by atoms with Crippen LogP contribution in [0.25, 0.3) is 0 Å². The molecular formula is C16H14INO6S2. The molecule has 0 aromatic heterocycles. The van der Waals surface area contributed by atoms with Crippen molar-refractivity contribution in [3.8, 4) is 11.5 Å². The van der Waals surface area contributed by atoms with Crippen molar-refractivity contribution in [1.29, 1.82) is 0 Å². The number of ether oxygens (including phenoxy) is 2. The van der Waals surface area contributed by atoms with Gasteiger partial charge in [-0.1, -0.05) is 6.07 Å². The van der Waals surface area contributed by atoms with Crippen LogP contribution >= 0.6 is 21.2 Å². The van der Waals surface area contributed by atoms with Crippen molar-refractivity contribution in [1.82, 2.24) is 4.31 Å². The average Bonchev–Trinajstić information content (AvgIpc) is 3.05. The normalized spacial score (nSPS) is 17.1. The minimum atomic E-state index is -3.75. The maximum absolute atomic E-state index is 13.0. The first-order valence-electron chi connectivity index (χ1n) is 7.71. The number of rotatable bonds is 3. The number of halogens is 1. The van der Waals surface area contributed by atoms with Crippen LogP contribution in [0.2, 0.25) is 0 Å². The van der Waals surface area contributed by atoms with Gasteiger partial charge in [-0.2, -0.15) is 4.31 Å². The standard InChI is InChI=1S/C16H14INO6S2/c17-26(21,22)18-9-11-1-2-13(7-12(11)10-18)25(19,20)14-3-4-15-16(8-14)24-6-5-23-15/h1-4,7-8H,5-6,9-10H2. The van der Waals surface area contributed by atoms with E-state index in [-0.39, 0.29) is 22.9 Å². The summed E-state index contributed by atoms with van der Waals surface area (Å²) in [5.74, 6) is 0.924. The van der Waals surface area contributed by atoms with E-state index >= 15 is 0 Å². The molecule has 0 saturated carbocycles. The third kappa shape index (κ3) is 3.19. The summed E-state index contributed by atoms with van der Waals surface area (Å²) < 4.78 is 61.5. The summed E-state index contributed by atoms with van der Waals surface area (Å²) in [6, 6.07) is 9.25. The summed E-state index contributed by atoms with van der Waals surface area (Å²) in [6.07, 6.45) is 0. The fraction of sp³-hybridized carbons (Fsp3) is 0.250. The van der Waals surface area contributed by atoms with Crippen LogP contribution in [-0.2, 0) is 30.1 Å². The van der Waals surface area contributed by atoms with Crippen LogP contribution < -0.4 is 9.47 Å². The van der Waals surface area contributed by atoms with Gasteiger partial charge in [0.1, 0.15) is 13.2 Å². The van der Waals surface area contributed by atoms with Crippen molar-refractivity contribution in [2.24, 2.45) is 0 Å². The van der Waals surface area contributed by atoms with E-state index in [1.807, 2.05) is 0 Å². The predicted molar refractivity (Wildman–Crippen MR) is 102 cm³/mol. The Labute approximate surface area is 163 Å². The van der Waals surface area contributed by atoms with Crippen LogP contribution in [0, 0.1) is 0 Å². The van der Waals surface area contributed by atoms with Gasteiger partial charge in [0.25, 0.3) is 7.19 Å². The number of nitrogens with zero attached hydrogens (tertiary/aromatic N) is 1. The zero-order chi connectivity index (χ0) is 18.5. The summed E-state index contributed by atoms with van der Waals surface area (Å²) in [4.78, 5) is 0.235. The van der Waals surface area contributed by atoms with E-state index in [0.29, 0.717) is 30.3 Å². The number of benzene rings is 2. The van der Waals surface area contributed by atoms with Gasteiger partial charge in [-0.15, -0.1) is 0 Å². The third-order valence-electron chi connectivity index (χ3n) is 4.31. The molecule has 2 aromatic rings. The lowest BCUT2D eigenvalue weighted by Gasteiger charge is -2.19. The van der Waals surface area contributed by atoms with Crippen molar-refractivity contribution in [2.75, 3.05) is 13.2 Å². The first-order chi connectivity index (χ1) is 12.2. The first kappa shape index (κ1) is 18.0. The van der Waals surface area contributed by atoms with Crippen molar-refractivity contribution >= 4 is 38.2 Å². The second kappa shape index (κ2) is 6.36. The van der Waals surface area contributed by atoms with Gasteiger partial charge in [0.15, 0.2) is 11.5 Å². The Hall–Kier alpha value is -1.37. The molecule has 0 atom stereocenters.